The van der Waals surface area contributed by atoms with E-state index in [1.54, 1.807) is 12.1 Å². The third-order valence-electron chi connectivity index (χ3n) is 7.47. The monoisotopic (exact) mass is 432 g/mol. The summed E-state index contributed by atoms with van der Waals surface area (Å²) in [6.07, 6.45) is 1.36. The first kappa shape index (κ1) is 21.8. The van der Waals surface area contributed by atoms with Crippen LogP contribution in [-0.2, 0) is 11.8 Å². The molecule has 2 N–H and O–H groups in total. The number of aryl methyl sites for hydroxylation is 1. The molecule has 6 heteroatoms. The van der Waals surface area contributed by atoms with Crippen LogP contribution in [-0.4, -0.2) is 12.4 Å². The maximum Gasteiger partial charge on any atom is 0.391 e. The van der Waals surface area contributed by atoms with Crippen molar-refractivity contribution in [1.29, 1.82) is 5.41 Å². The molecule has 0 aromatic heterocycles. The van der Waals surface area contributed by atoms with Crippen molar-refractivity contribution in [2.24, 2.45) is 11.8 Å². The largest absolute Gasteiger partial charge is 0.391 e. The summed E-state index contributed by atoms with van der Waals surface area (Å²) in [5, 5.41) is 11.2. The molecule has 0 saturated heterocycles. The van der Waals surface area contributed by atoms with E-state index in [1.807, 2.05) is 6.07 Å². The number of alkyl halides is 3. The molecule has 1 fully saturated rings. The third kappa shape index (κ3) is 4.09. The van der Waals surface area contributed by atoms with Crippen LogP contribution in [0.1, 0.15) is 62.1 Å². The number of anilines is 2. The average Bonchev–Trinajstić information content (AvgIpc) is 2.90. The third-order valence-corrected chi connectivity index (χ3v) is 7.47. The van der Waals surface area contributed by atoms with Crippen molar-refractivity contribution in [3.05, 3.63) is 58.9 Å². The van der Waals surface area contributed by atoms with E-state index in [-0.39, 0.29) is 30.0 Å². The summed E-state index contributed by atoms with van der Waals surface area (Å²) >= 11 is 0. The van der Waals surface area contributed by atoms with Crippen LogP contribution >= 0.6 is 0 Å². The molecule has 0 spiro atoms. The van der Waals surface area contributed by atoms with E-state index in [0.29, 0.717) is 12.0 Å². The molecule has 4 rings (SSSR count). The Hall–Kier alpha value is -2.37. The topological polar surface area (TPSA) is 35.9 Å². The smallest absolute Gasteiger partial charge is 0.355 e. The first-order valence-electron chi connectivity index (χ1n) is 11.0. The zero-order chi connectivity index (χ0) is 22.2. The van der Waals surface area contributed by atoms with Gasteiger partial charge in [-0.15, -0.1) is 0 Å². The highest BCUT2D eigenvalue weighted by Gasteiger charge is 2.51. The Morgan fingerprint density at radius 2 is 1.90 bits per heavy atom. The SMILES string of the molecule is CCC12CCC(C(F)(F)F)CC1CCCc1cc(Nc3ccc(F)cc3)c(C=N)cc12. The van der Waals surface area contributed by atoms with Crippen molar-refractivity contribution in [3.8, 4) is 0 Å². The lowest BCUT2D eigenvalue weighted by Crippen LogP contribution is -2.43. The van der Waals surface area contributed by atoms with Gasteiger partial charge in [0.2, 0.25) is 0 Å². The van der Waals surface area contributed by atoms with E-state index in [0.717, 1.165) is 48.2 Å². The predicted molar refractivity (Wildman–Crippen MR) is 116 cm³/mol. The zero-order valence-electron chi connectivity index (χ0n) is 17.7. The van der Waals surface area contributed by atoms with Gasteiger partial charge in [0.15, 0.2) is 0 Å². The maximum atomic E-state index is 13.5. The van der Waals surface area contributed by atoms with Gasteiger partial charge in [0.25, 0.3) is 0 Å². The van der Waals surface area contributed by atoms with Gasteiger partial charge >= 0.3 is 6.18 Å². The van der Waals surface area contributed by atoms with Gasteiger partial charge in [-0.3, -0.25) is 0 Å². The molecule has 0 heterocycles. The van der Waals surface area contributed by atoms with Gasteiger partial charge in [0, 0.05) is 23.2 Å². The molecule has 2 aliphatic rings. The Morgan fingerprint density at radius 1 is 1.16 bits per heavy atom. The van der Waals surface area contributed by atoms with Gasteiger partial charge in [0.05, 0.1) is 5.92 Å². The van der Waals surface area contributed by atoms with Gasteiger partial charge in [-0.05, 0) is 104 Å². The van der Waals surface area contributed by atoms with Gasteiger partial charge in [-0.2, -0.15) is 13.2 Å². The van der Waals surface area contributed by atoms with Crippen LogP contribution in [0.5, 0.6) is 0 Å². The molecule has 3 unspecified atom stereocenters. The number of halogens is 4. The molecule has 1 saturated carbocycles. The molecule has 2 aliphatic carbocycles. The van der Waals surface area contributed by atoms with Crippen LogP contribution < -0.4 is 5.32 Å². The van der Waals surface area contributed by atoms with Crippen LogP contribution in [0.15, 0.2) is 36.4 Å². The van der Waals surface area contributed by atoms with Crippen molar-refractivity contribution in [3.63, 3.8) is 0 Å². The van der Waals surface area contributed by atoms with Crippen molar-refractivity contribution in [1.82, 2.24) is 0 Å². The highest BCUT2D eigenvalue weighted by molar-refractivity contribution is 5.88. The number of rotatable bonds is 4. The highest BCUT2D eigenvalue weighted by atomic mass is 19.4. The average molecular weight is 433 g/mol. The Morgan fingerprint density at radius 3 is 2.55 bits per heavy atom. The summed E-state index contributed by atoms with van der Waals surface area (Å²) in [6, 6.07) is 10.1. The normalized spacial score (nSPS) is 25.8. The predicted octanol–water partition coefficient (Wildman–Crippen LogP) is 7.53. The second-order valence-corrected chi connectivity index (χ2v) is 8.98. The minimum atomic E-state index is -4.13. The van der Waals surface area contributed by atoms with Gasteiger partial charge in [0.1, 0.15) is 5.82 Å². The van der Waals surface area contributed by atoms with E-state index in [1.165, 1.54) is 18.3 Å². The first-order chi connectivity index (χ1) is 14.8. The minimum absolute atomic E-state index is 0.00798. The second-order valence-electron chi connectivity index (χ2n) is 8.98. The Labute approximate surface area is 180 Å². The summed E-state index contributed by atoms with van der Waals surface area (Å²) in [5.41, 5.74) is 4.22. The summed E-state index contributed by atoms with van der Waals surface area (Å²) in [4.78, 5) is 0. The first-order valence-corrected chi connectivity index (χ1v) is 11.0. The van der Waals surface area contributed by atoms with E-state index >= 15 is 0 Å². The van der Waals surface area contributed by atoms with E-state index in [9.17, 15) is 17.6 Å². The number of hydrogen-bond acceptors (Lipinski definition) is 2. The van der Waals surface area contributed by atoms with Gasteiger partial charge in [-0.25, -0.2) is 4.39 Å². The van der Waals surface area contributed by atoms with Gasteiger partial charge in [-0.1, -0.05) is 6.92 Å². The molecule has 0 radical (unpaired) electrons. The molecule has 0 aliphatic heterocycles. The summed E-state index contributed by atoms with van der Waals surface area (Å²) in [6.45, 7) is 2.09. The van der Waals surface area contributed by atoms with Crippen LogP contribution in [0, 0.1) is 23.1 Å². The molecule has 2 aromatic rings. The lowest BCUT2D eigenvalue weighted by Gasteiger charge is -2.47. The van der Waals surface area contributed by atoms with Crippen LogP contribution in [0.25, 0.3) is 0 Å². The summed E-state index contributed by atoms with van der Waals surface area (Å²) in [5.74, 6) is -1.51. The molecular weight excluding hydrogens is 404 g/mol. The molecule has 3 atom stereocenters. The Balaban J connectivity index is 1.73. The standard InChI is InChI=1S/C25H28F4N2/c1-2-24-11-10-19(25(27,28)29)14-18(24)5-3-4-16-13-23(17(15-30)12-22(16)24)31-21-8-6-20(26)7-9-21/h6-9,12-13,15,18-19,30-31H,2-5,10-11,14H2,1H3. The van der Waals surface area contributed by atoms with Crippen LogP contribution in [0.4, 0.5) is 28.9 Å². The number of nitrogens with one attached hydrogen (secondary N) is 2. The molecule has 0 bridgehead atoms. The van der Waals surface area contributed by atoms with E-state index in [4.69, 9.17) is 5.41 Å². The highest BCUT2D eigenvalue weighted by Crippen LogP contribution is 2.55. The Bertz CT molecular complexity index is 951. The quantitative estimate of drug-likeness (QED) is 0.380. The summed E-state index contributed by atoms with van der Waals surface area (Å²) < 4.78 is 53.7. The van der Waals surface area contributed by atoms with Gasteiger partial charge < -0.3 is 10.7 Å². The van der Waals surface area contributed by atoms with Crippen molar-refractivity contribution in [2.75, 3.05) is 5.32 Å². The molecular formula is C25H28F4N2. The van der Waals surface area contributed by atoms with E-state index < -0.39 is 12.1 Å². The minimum Gasteiger partial charge on any atom is -0.355 e. The molecule has 31 heavy (non-hydrogen) atoms. The zero-order valence-corrected chi connectivity index (χ0v) is 17.7. The second kappa shape index (κ2) is 8.29. The number of fused-ring (bicyclic) bond motifs is 3. The molecule has 166 valence electrons. The lowest BCUT2D eigenvalue weighted by atomic mass is 9.58. The Kier molecular flexibility index (Phi) is 5.84. The number of benzene rings is 2. The van der Waals surface area contributed by atoms with Crippen LogP contribution in [0.3, 0.4) is 0 Å². The number of hydrogen-bond donors (Lipinski definition) is 2. The van der Waals surface area contributed by atoms with Crippen molar-refractivity contribution < 1.29 is 17.6 Å². The maximum absolute atomic E-state index is 13.5. The molecule has 0 amide bonds. The summed E-state index contributed by atoms with van der Waals surface area (Å²) in [7, 11) is 0. The molecule has 2 nitrogen and oxygen atoms in total. The van der Waals surface area contributed by atoms with Crippen LogP contribution in [0.2, 0.25) is 0 Å². The fourth-order valence-corrected chi connectivity index (χ4v) is 5.81. The fourth-order valence-electron chi connectivity index (χ4n) is 5.81. The van der Waals surface area contributed by atoms with Crippen molar-refractivity contribution in [2.45, 2.75) is 63.5 Å². The van der Waals surface area contributed by atoms with E-state index in [2.05, 4.69) is 18.3 Å². The fraction of sp³-hybridized carbons (Fsp3) is 0.480. The lowest BCUT2D eigenvalue weighted by molar-refractivity contribution is -0.191. The molecule has 2 aromatic carbocycles. The van der Waals surface area contributed by atoms with Crippen molar-refractivity contribution >= 4 is 17.6 Å².